The van der Waals surface area contributed by atoms with Crippen molar-refractivity contribution in [3.63, 3.8) is 0 Å². The third-order valence-corrected chi connectivity index (χ3v) is 11.2. The van der Waals surface area contributed by atoms with E-state index in [0.29, 0.717) is 17.7 Å². The lowest BCUT2D eigenvalue weighted by molar-refractivity contribution is -0.125. The molecule has 3 aromatic rings. The number of carbonyl (C=O) groups excluding carboxylic acids is 2. The van der Waals surface area contributed by atoms with Crippen LogP contribution in [-0.2, 0) is 27.8 Å². The molecule has 0 bridgehead atoms. The number of benzene rings is 2. The standard InChI is InChI=1S/C37H50N6O6S/c1-4-27(2)35(41-37(46)42(3)25-31-16-10-11-21-38-31)36(45)40-33(22-28-12-6-5-7-13-28)34(44)26-43(24-30-14-8-9-15-30)50(48,49)32-19-17-29(18-20-32)23-39-47/h5-7,10-13,16-21,23,27,30,33-35,44,47H,4,8-9,14-15,22,24-26H2,1-3H3,(H,40,45)(H,41,46)/b39-23+/t27-,33-,34?,35+/m0/s1. The van der Waals surface area contributed by atoms with Crippen molar-refractivity contribution in [2.45, 2.75) is 82.0 Å². The Hall–Kier alpha value is -4.33. The van der Waals surface area contributed by atoms with Crippen LogP contribution >= 0.6 is 0 Å². The molecule has 2 aromatic carbocycles. The number of oxime groups is 1. The van der Waals surface area contributed by atoms with Gasteiger partial charge in [0.05, 0.1) is 35.5 Å². The highest BCUT2D eigenvalue weighted by Gasteiger charge is 2.35. The third kappa shape index (κ3) is 10.8. The van der Waals surface area contributed by atoms with Crippen LogP contribution < -0.4 is 10.6 Å². The molecule has 0 saturated heterocycles. The van der Waals surface area contributed by atoms with Crippen molar-refractivity contribution < 1.29 is 28.3 Å². The van der Waals surface area contributed by atoms with Crippen LogP contribution in [0.25, 0.3) is 0 Å². The van der Waals surface area contributed by atoms with Gasteiger partial charge in [0.2, 0.25) is 15.9 Å². The summed E-state index contributed by atoms with van der Waals surface area (Å²) in [5.41, 5.74) is 2.08. The summed E-state index contributed by atoms with van der Waals surface area (Å²) in [5, 5.41) is 29.6. The number of carbonyl (C=O) groups is 2. The van der Waals surface area contributed by atoms with Crippen LogP contribution in [-0.4, -0.2) is 89.4 Å². The predicted octanol–water partition coefficient (Wildman–Crippen LogP) is 4.42. The minimum Gasteiger partial charge on any atom is -0.411 e. The molecule has 270 valence electrons. The number of sulfonamides is 1. The van der Waals surface area contributed by atoms with Gasteiger partial charge in [-0.2, -0.15) is 4.31 Å². The summed E-state index contributed by atoms with van der Waals surface area (Å²) in [6, 6.07) is 18.6. The van der Waals surface area contributed by atoms with Crippen molar-refractivity contribution in [3.05, 3.63) is 95.8 Å². The number of aromatic nitrogens is 1. The van der Waals surface area contributed by atoms with E-state index in [-0.39, 0.29) is 42.8 Å². The number of aliphatic hydroxyl groups is 1. The molecule has 1 fully saturated rings. The molecular formula is C37H50N6O6S. The fourth-order valence-corrected chi connectivity index (χ4v) is 7.74. The summed E-state index contributed by atoms with van der Waals surface area (Å²) in [6.07, 6.45) is 6.24. The van der Waals surface area contributed by atoms with Crippen LogP contribution in [0, 0.1) is 11.8 Å². The van der Waals surface area contributed by atoms with E-state index in [1.807, 2.05) is 56.3 Å². The minimum absolute atomic E-state index is 0.0517. The Morgan fingerprint density at radius 2 is 1.70 bits per heavy atom. The van der Waals surface area contributed by atoms with Gasteiger partial charge in [-0.25, -0.2) is 13.2 Å². The van der Waals surface area contributed by atoms with Crippen LogP contribution in [0.15, 0.2) is 89.0 Å². The van der Waals surface area contributed by atoms with Crippen LogP contribution in [0.4, 0.5) is 4.79 Å². The first-order chi connectivity index (χ1) is 24.0. The van der Waals surface area contributed by atoms with E-state index in [9.17, 15) is 23.1 Å². The second kappa shape index (κ2) is 18.6. The molecule has 1 aliphatic carbocycles. The first kappa shape index (κ1) is 38.5. The van der Waals surface area contributed by atoms with Gasteiger partial charge in [0, 0.05) is 26.3 Å². The predicted molar refractivity (Wildman–Crippen MR) is 192 cm³/mol. The van der Waals surface area contributed by atoms with Crippen LogP contribution in [0.5, 0.6) is 0 Å². The maximum Gasteiger partial charge on any atom is 0.318 e. The van der Waals surface area contributed by atoms with Gasteiger partial charge in [0.25, 0.3) is 0 Å². The SMILES string of the molecule is CC[C@H](C)[C@@H](NC(=O)N(C)Cc1ccccn1)C(=O)N[C@@H](Cc1ccccc1)C(O)CN(CC1CCCC1)S(=O)(=O)c1ccc(/C=N/O)cc1. The van der Waals surface area contributed by atoms with Gasteiger partial charge in [-0.05, 0) is 66.5 Å². The second-order valence-electron chi connectivity index (χ2n) is 13.1. The molecule has 1 aromatic heterocycles. The molecule has 0 radical (unpaired) electrons. The minimum atomic E-state index is -4.05. The van der Waals surface area contributed by atoms with Crippen molar-refractivity contribution in [1.82, 2.24) is 24.8 Å². The van der Waals surface area contributed by atoms with E-state index in [4.69, 9.17) is 5.21 Å². The molecule has 1 aliphatic rings. The highest BCUT2D eigenvalue weighted by atomic mass is 32.2. The Morgan fingerprint density at radius 1 is 1.02 bits per heavy atom. The summed E-state index contributed by atoms with van der Waals surface area (Å²) >= 11 is 0. The van der Waals surface area contributed by atoms with Gasteiger partial charge in [-0.15, -0.1) is 0 Å². The number of hydrogen-bond acceptors (Lipinski definition) is 8. The molecule has 3 amide bonds. The van der Waals surface area contributed by atoms with Crippen LogP contribution in [0.2, 0.25) is 0 Å². The Balaban J connectivity index is 1.58. The monoisotopic (exact) mass is 706 g/mol. The lowest BCUT2D eigenvalue weighted by Crippen LogP contribution is -2.58. The second-order valence-corrected chi connectivity index (χ2v) is 15.1. The topological polar surface area (TPSA) is 165 Å². The van der Waals surface area contributed by atoms with Gasteiger partial charge in [0.15, 0.2) is 0 Å². The number of nitrogens with zero attached hydrogens (tertiary/aromatic N) is 4. The fraction of sp³-hybridized carbons (Fsp3) is 0.459. The van der Waals surface area contributed by atoms with E-state index in [1.54, 1.807) is 31.4 Å². The lowest BCUT2D eigenvalue weighted by Gasteiger charge is -2.33. The van der Waals surface area contributed by atoms with Gasteiger partial charge in [-0.1, -0.05) is 86.8 Å². The zero-order chi connectivity index (χ0) is 36.1. The maximum absolute atomic E-state index is 14.1. The van der Waals surface area contributed by atoms with E-state index < -0.39 is 40.1 Å². The van der Waals surface area contributed by atoms with E-state index in [0.717, 1.165) is 31.2 Å². The molecule has 4 rings (SSSR count). The summed E-state index contributed by atoms with van der Waals surface area (Å²) < 4.78 is 29.5. The number of pyridine rings is 1. The highest BCUT2D eigenvalue weighted by Crippen LogP contribution is 2.28. The fourth-order valence-electron chi connectivity index (χ4n) is 6.20. The van der Waals surface area contributed by atoms with E-state index >= 15 is 0 Å². The van der Waals surface area contributed by atoms with Crippen molar-refractivity contribution in [2.24, 2.45) is 17.0 Å². The number of hydrogen-bond donors (Lipinski definition) is 4. The molecule has 1 saturated carbocycles. The summed E-state index contributed by atoms with van der Waals surface area (Å²) in [4.78, 5) is 33.1. The van der Waals surface area contributed by atoms with Gasteiger partial charge in [-0.3, -0.25) is 9.78 Å². The molecule has 0 aliphatic heterocycles. The number of urea groups is 1. The van der Waals surface area contributed by atoms with Crippen molar-refractivity contribution >= 4 is 28.2 Å². The van der Waals surface area contributed by atoms with Crippen LogP contribution in [0.3, 0.4) is 0 Å². The maximum atomic E-state index is 14.1. The van der Waals surface area contributed by atoms with Crippen molar-refractivity contribution in [3.8, 4) is 0 Å². The van der Waals surface area contributed by atoms with Crippen LogP contribution in [0.1, 0.15) is 62.8 Å². The average Bonchev–Trinajstić information content (AvgIpc) is 3.64. The smallest absolute Gasteiger partial charge is 0.318 e. The molecular weight excluding hydrogens is 657 g/mol. The Bertz CT molecular complexity index is 1640. The highest BCUT2D eigenvalue weighted by molar-refractivity contribution is 7.89. The Labute approximate surface area is 295 Å². The molecule has 12 nitrogen and oxygen atoms in total. The quantitative estimate of drug-likeness (QED) is 0.0917. The lowest BCUT2D eigenvalue weighted by atomic mass is 9.96. The van der Waals surface area contributed by atoms with E-state index in [2.05, 4.69) is 20.8 Å². The third-order valence-electron chi connectivity index (χ3n) is 9.39. The Morgan fingerprint density at radius 3 is 2.32 bits per heavy atom. The molecule has 1 unspecified atom stereocenters. The first-order valence-corrected chi connectivity index (χ1v) is 18.7. The van der Waals surface area contributed by atoms with Gasteiger partial charge in [0.1, 0.15) is 6.04 Å². The Kier molecular flexibility index (Phi) is 14.3. The molecule has 50 heavy (non-hydrogen) atoms. The van der Waals surface area contributed by atoms with Gasteiger partial charge >= 0.3 is 6.03 Å². The van der Waals surface area contributed by atoms with Gasteiger partial charge < -0.3 is 25.8 Å². The summed E-state index contributed by atoms with van der Waals surface area (Å²) in [5.74, 6) is -0.562. The number of nitrogens with one attached hydrogen (secondary N) is 2. The normalized spacial score (nSPS) is 16.2. The molecule has 1 heterocycles. The first-order valence-electron chi connectivity index (χ1n) is 17.2. The molecule has 0 spiro atoms. The van der Waals surface area contributed by atoms with Crippen molar-refractivity contribution in [2.75, 3.05) is 20.1 Å². The number of rotatable bonds is 17. The summed E-state index contributed by atoms with van der Waals surface area (Å²) in [6.45, 7) is 4.04. The zero-order valence-electron chi connectivity index (χ0n) is 29.1. The molecule has 4 N–H and O–H groups in total. The summed E-state index contributed by atoms with van der Waals surface area (Å²) in [7, 11) is -2.42. The van der Waals surface area contributed by atoms with Crippen molar-refractivity contribution in [1.29, 1.82) is 0 Å². The van der Waals surface area contributed by atoms with E-state index in [1.165, 1.54) is 27.6 Å². The molecule has 13 heteroatoms. The average molecular weight is 707 g/mol. The largest absolute Gasteiger partial charge is 0.411 e. The number of aliphatic hydroxyl groups excluding tert-OH is 1. The number of amides is 3. The zero-order valence-corrected chi connectivity index (χ0v) is 29.9. The molecule has 4 atom stereocenters.